The zero-order chi connectivity index (χ0) is 19.9. The molecule has 1 heterocycles. The van der Waals surface area contributed by atoms with Gasteiger partial charge in [0.1, 0.15) is 5.82 Å². The lowest BCUT2D eigenvalue weighted by Crippen LogP contribution is -2.40. The van der Waals surface area contributed by atoms with Crippen LogP contribution in [0.25, 0.3) is 11.1 Å². The van der Waals surface area contributed by atoms with Crippen LogP contribution in [0.1, 0.15) is 17.3 Å². The number of aromatic nitrogens is 1. The molecule has 0 aliphatic carbocycles. The van der Waals surface area contributed by atoms with E-state index in [9.17, 15) is 14.0 Å². The Hall–Kier alpha value is -3.54. The lowest BCUT2D eigenvalue weighted by Gasteiger charge is -2.10. The third kappa shape index (κ3) is 4.59. The lowest BCUT2D eigenvalue weighted by atomic mass is 10.1. The molecule has 0 saturated carbocycles. The fourth-order valence-corrected chi connectivity index (χ4v) is 2.80. The van der Waals surface area contributed by atoms with Crippen LogP contribution in [0.3, 0.4) is 0 Å². The van der Waals surface area contributed by atoms with Gasteiger partial charge in [0.25, 0.3) is 5.91 Å². The van der Waals surface area contributed by atoms with Crippen LogP contribution in [0.4, 0.5) is 10.1 Å². The van der Waals surface area contributed by atoms with Crippen molar-refractivity contribution in [3.63, 3.8) is 0 Å². The molecular weight excluding hydrogens is 359 g/mol. The van der Waals surface area contributed by atoms with Crippen molar-refractivity contribution in [3.8, 4) is 11.1 Å². The molecule has 3 aromatic rings. The summed E-state index contributed by atoms with van der Waals surface area (Å²) in [5.74, 6) is -1.83. The molecule has 5 nitrogen and oxygen atoms in total. The molecule has 0 atom stereocenters. The van der Waals surface area contributed by atoms with Gasteiger partial charge in [-0.3, -0.25) is 4.79 Å². The molecule has 6 heteroatoms. The number of para-hydroxylation sites is 1. The standard InChI is InChI=1S/C22H19FN2O3/c1-2-28-22(27)18-11-6-12-19(23)21(18)24-20(26)15-25-13-7-10-17(14-25)16-8-4-3-5-9-16/h3-14H,2,15H2,1H3/p+1. The monoisotopic (exact) mass is 379 g/mol. The van der Waals surface area contributed by atoms with Gasteiger partial charge in [-0.2, -0.15) is 4.57 Å². The van der Waals surface area contributed by atoms with E-state index in [1.807, 2.05) is 48.7 Å². The van der Waals surface area contributed by atoms with E-state index >= 15 is 0 Å². The second kappa shape index (κ2) is 8.90. The number of anilines is 1. The average molecular weight is 379 g/mol. The van der Waals surface area contributed by atoms with Crippen LogP contribution >= 0.6 is 0 Å². The minimum atomic E-state index is -0.693. The molecule has 0 radical (unpaired) electrons. The molecule has 1 aromatic heterocycles. The van der Waals surface area contributed by atoms with Gasteiger partial charge in [0.15, 0.2) is 12.4 Å². The highest BCUT2D eigenvalue weighted by molar-refractivity contribution is 6.01. The molecule has 28 heavy (non-hydrogen) atoms. The van der Waals surface area contributed by atoms with Crippen molar-refractivity contribution in [1.29, 1.82) is 0 Å². The van der Waals surface area contributed by atoms with Gasteiger partial charge in [0.2, 0.25) is 6.54 Å². The van der Waals surface area contributed by atoms with Crippen LogP contribution in [0.2, 0.25) is 0 Å². The predicted molar refractivity (Wildman–Crippen MR) is 103 cm³/mol. The molecule has 0 unspecified atom stereocenters. The van der Waals surface area contributed by atoms with Gasteiger partial charge in [-0.25, -0.2) is 9.18 Å². The maximum Gasteiger partial charge on any atom is 0.340 e. The second-order valence-corrected chi connectivity index (χ2v) is 6.06. The first-order valence-electron chi connectivity index (χ1n) is 8.88. The van der Waals surface area contributed by atoms with E-state index in [2.05, 4.69) is 5.32 Å². The van der Waals surface area contributed by atoms with Crippen LogP contribution in [0.15, 0.2) is 73.1 Å². The van der Waals surface area contributed by atoms with Crippen molar-refractivity contribution in [1.82, 2.24) is 0 Å². The maximum absolute atomic E-state index is 14.2. The van der Waals surface area contributed by atoms with Gasteiger partial charge < -0.3 is 10.1 Å². The molecule has 0 bridgehead atoms. The molecule has 1 amide bonds. The number of amides is 1. The average Bonchev–Trinajstić information content (AvgIpc) is 2.70. The van der Waals surface area contributed by atoms with Gasteiger partial charge in [-0.15, -0.1) is 0 Å². The summed E-state index contributed by atoms with van der Waals surface area (Å²) < 4.78 is 20.8. The van der Waals surface area contributed by atoms with Crippen LogP contribution in [-0.4, -0.2) is 18.5 Å². The number of esters is 1. The number of rotatable bonds is 6. The molecule has 1 N–H and O–H groups in total. The molecule has 3 rings (SSSR count). The Morgan fingerprint density at radius 3 is 2.50 bits per heavy atom. The summed E-state index contributed by atoms with van der Waals surface area (Å²) in [4.78, 5) is 24.5. The highest BCUT2D eigenvalue weighted by atomic mass is 19.1. The minimum absolute atomic E-state index is 0.0155. The summed E-state index contributed by atoms with van der Waals surface area (Å²) in [6.07, 6.45) is 3.59. The van der Waals surface area contributed by atoms with Gasteiger partial charge >= 0.3 is 5.97 Å². The van der Waals surface area contributed by atoms with E-state index in [0.717, 1.165) is 11.1 Å². The first-order chi connectivity index (χ1) is 13.6. The molecule has 2 aromatic carbocycles. The third-order valence-corrected chi connectivity index (χ3v) is 4.06. The Morgan fingerprint density at radius 2 is 1.75 bits per heavy atom. The van der Waals surface area contributed by atoms with Crippen LogP contribution in [0, 0.1) is 5.82 Å². The zero-order valence-corrected chi connectivity index (χ0v) is 15.4. The first kappa shape index (κ1) is 19.2. The summed E-state index contributed by atoms with van der Waals surface area (Å²) in [6.45, 7) is 1.79. The SMILES string of the molecule is CCOC(=O)c1cccc(F)c1NC(=O)C[n+]1cccc(-c2ccccc2)c1. The third-order valence-electron chi connectivity index (χ3n) is 4.06. The summed E-state index contributed by atoms with van der Waals surface area (Å²) in [5.41, 5.74) is 1.79. The Bertz CT molecular complexity index is 990. The highest BCUT2D eigenvalue weighted by Gasteiger charge is 2.20. The molecule has 0 fully saturated rings. The van der Waals surface area contributed by atoms with Crippen molar-refractivity contribution >= 4 is 17.6 Å². The lowest BCUT2D eigenvalue weighted by molar-refractivity contribution is -0.683. The Kier molecular flexibility index (Phi) is 6.11. The number of hydrogen-bond acceptors (Lipinski definition) is 3. The normalized spacial score (nSPS) is 10.4. The largest absolute Gasteiger partial charge is 0.462 e. The van der Waals surface area contributed by atoms with Crippen LogP contribution in [0.5, 0.6) is 0 Å². The zero-order valence-electron chi connectivity index (χ0n) is 15.4. The summed E-state index contributed by atoms with van der Waals surface area (Å²) in [5, 5.41) is 2.49. The van der Waals surface area contributed by atoms with Gasteiger partial charge in [0.05, 0.1) is 17.9 Å². The smallest absolute Gasteiger partial charge is 0.340 e. The fraction of sp³-hybridized carbons (Fsp3) is 0.136. The van der Waals surface area contributed by atoms with E-state index in [-0.39, 0.29) is 24.4 Å². The first-order valence-corrected chi connectivity index (χ1v) is 8.88. The van der Waals surface area contributed by atoms with Crippen molar-refractivity contribution in [3.05, 3.63) is 84.4 Å². The minimum Gasteiger partial charge on any atom is -0.462 e. The van der Waals surface area contributed by atoms with E-state index in [0.29, 0.717) is 0 Å². The number of carbonyl (C=O) groups excluding carboxylic acids is 2. The number of hydrogen-bond donors (Lipinski definition) is 1. The Labute approximate surface area is 162 Å². The highest BCUT2D eigenvalue weighted by Crippen LogP contribution is 2.21. The van der Waals surface area contributed by atoms with E-state index in [4.69, 9.17) is 4.74 Å². The summed E-state index contributed by atoms with van der Waals surface area (Å²) in [6, 6.07) is 17.5. The van der Waals surface area contributed by atoms with Crippen molar-refractivity contribution in [2.24, 2.45) is 0 Å². The molecule has 0 spiro atoms. The quantitative estimate of drug-likeness (QED) is 0.526. The van der Waals surface area contributed by atoms with E-state index < -0.39 is 17.7 Å². The van der Waals surface area contributed by atoms with Crippen molar-refractivity contribution < 1.29 is 23.3 Å². The van der Waals surface area contributed by atoms with Crippen molar-refractivity contribution in [2.75, 3.05) is 11.9 Å². The van der Waals surface area contributed by atoms with Crippen LogP contribution < -0.4 is 9.88 Å². The Balaban J connectivity index is 1.78. The van der Waals surface area contributed by atoms with Crippen molar-refractivity contribution in [2.45, 2.75) is 13.5 Å². The molecule has 0 saturated heterocycles. The topological polar surface area (TPSA) is 59.3 Å². The van der Waals surface area contributed by atoms with E-state index in [1.54, 1.807) is 17.7 Å². The number of ether oxygens (including phenoxy) is 1. The predicted octanol–water partition coefficient (Wildman–Crippen LogP) is 3.60. The van der Waals surface area contributed by atoms with Gasteiger partial charge in [-0.1, -0.05) is 36.4 Å². The number of halogens is 1. The maximum atomic E-state index is 14.2. The van der Waals surface area contributed by atoms with Crippen LogP contribution in [-0.2, 0) is 16.1 Å². The number of nitrogens with zero attached hydrogens (tertiary/aromatic N) is 1. The van der Waals surface area contributed by atoms with Gasteiger partial charge in [-0.05, 0) is 30.7 Å². The fourth-order valence-electron chi connectivity index (χ4n) is 2.80. The molecule has 142 valence electrons. The number of nitrogens with one attached hydrogen (secondary N) is 1. The number of benzene rings is 2. The number of carbonyl (C=O) groups is 2. The Morgan fingerprint density at radius 1 is 1.00 bits per heavy atom. The molecule has 0 aliphatic heterocycles. The summed E-state index contributed by atoms with van der Waals surface area (Å²) >= 11 is 0. The van der Waals surface area contributed by atoms with E-state index in [1.165, 1.54) is 18.2 Å². The number of pyridine rings is 1. The second-order valence-electron chi connectivity index (χ2n) is 6.06. The molecular formula is C22H20FN2O3+. The van der Waals surface area contributed by atoms with Gasteiger partial charge in [0, 0.05) is 11.6 Å². The summed E-state index contributed by atoms with van der Waals surface area (Å²) in [7, 11) is 0. The molecule has 0 aliphatic rings.